The maximum atomic E-state index is 11.9. The summed E-state index contributed by atoms with van der Waals surface area (Å²) in [6, 6.07) is 12.7. The fourth-order valence-corrected chi connectivity index (χ4v) is 2.43. The number of halogens is 1. The first-order valence-corrected chi connectivity index (χ1v) is 7.94. The van der Waals surface area contributed by atoms with Crippen molar-refractivity contribution in [1.82, 2.24) is 0 Å². The zero-order valence-corrected chi connectivity index (χ0v) is 12.5. The number of primary sulfonamides is 1. The Kier molecular flexibility index (Phi) is 4.62. The molecule has 2 aromatic carbocycles. The first kappa shape index (κ1) is 15.5. The number of carbonyl (C=O) groups excluding carboxylic acids is 1. The molecule has 0 aliphatic heterocycles. The van der Waals surface area contributed by atoms with E-state index >= 15 is 0 Å². The molecule has 0 aromatic heterocycles. The summed E-state index contributed by atoms with van der Waals surface area (Å²) in [6.45, 7) is 0. The summed E-state index contributed by atoms with van der Waals surface area (Å²) >= 11 is 5.77. The molecule has 0 saturated heterocycles. The second kappa shape index (κ2) is 6.26. The van der Waals surface area contributed by atoms with Crippen LogP contribution >= 0.6 is 11.6 Å². The van der Waals surface area contributed by atoms with Crippen LogP contribution in [0.2, 0.25) is 5.02 Å². The molecule has 0 saturated carbocycles. The lowest BCUT2D eigenvalue weighted by Gasteiger charge is -2.07. The van der Waals surface area contributed by atoms with Gasteiger partial charge in [-0.25, -0.2) is 13.6 Å². The van der Waals surface area contributed by atoms with E-state index in [-0.39, 0.29) is 17.2 Å². The van der Waals surface area contributed by atoms with Gasteiger partial charge in [0.15, 0.2) is 0 Å². The highest BCUT2D eigenvalue weighted by Gasteiger charge is 2.09. The minimum atomic E-state index is -3.79. The molecule has 2 aromatic rings. The van der Waals surface area contributed by atoms with E-state index in [1.807, 2.05) is 0 Å². The van der Waals surface area contributed by atoms with E-state index in [0.717, 1.165) is 5.56 Å². The standard InChI is InChI=1S/C14H13ClN2O3S/c15-11-6-4-10(5-7-11)8-14(18)17-12-2-1-3-13(9-12)21(16,19)20/h1-7,9H,8H2,(H,17,18)(H2,16,19,20). The Morgan fingerprint density at radius 3 is 2.43 bits per heavy atom. The number of amides is 1. The fraction of sp³-hybridized carbons (Fsp3) is 0.0714. The highest BCUT2D eigenvalue weighted by atomic mass is 35.5. The number of hydrogen-bond acceptors (Lipinski definition) is 3. The molecule has 0 heterocycles. The second-order valence-electron chi connectivity index (χ2n) is 4.42. The molecule has 0 bridgehead atoms. The van der Waals surface area contributed by atoms with Crippen LogP contribution in [0.25, 0.3) is 0 Å². The van der Waals surface area contributed by atoms with Gasteiger partial charge in [-0.3, -0.25) is 4.79 Å². The summed E-state index contributed by atoms with van der Waals surface area (Å²) in [5.74, 6) is -0.260. The normalized spacial score (nSPS) is 11.1. The molecule has 0 fully saturated rings. The molecule has 110 valence electrons. The lowest BCUT2D eigenvalue weighted by Crippen LogP contribution is -2.16. The molecule has 21 heavy (non-hydrogen) atoms. The monoisotopic (exact) mass is 324 g/mol. The van der Waals surface area contributed by atoms with Crippen molar-refractivity contribution in [2.45, 2.75) is 11.3 Å². The molecule has 0 unspecified atom stereocenters. The maximum absolute atomic E-state index is 11.9. The van der Waals surface area contributed by atoms with E-state index in [2.05, 4.69) is 5.32 Å². The van der Waals surface area contributed by atoms with Gasteiger partial charge in [0.05, 0.1) is 11.3 Å². The number of anilines is 1. The number of nitrogens with two attached hydrogens (primary N) is 1. The Morgan fingerprint density at radius 2 is 1.81 bits per heavy atom. The molecule has 0 spiro atoms. The van der Waals surface area contributed by atoms with Gasteiger partial charge in [0.25, 0.3) is 0 Å². The minimum Gasteiger partial charge on any atom is -0.326 e. The summed E-state index contributed by atoms with van der Waals surface area (Å²) in [4.78, 5) is 11.9. The maximum Gasteiger partial charge on any atom is 0.238 e. The van der Waals surface area contributed by atoms with Crippen molar-refractivity contribution < 1.29 is 13.2 Å². The SMILES string of the molecule is NS(=O)(=O)c1cccc(NC(=O)Cc2ccc(Cl)cc2)c1. The average molecular weight is 325 g/mol. The van der Waals surface area contributed by atoms with Gasteiger partial charge in [-0.05, 0) is 35.9 Å². The lowest BCUT2D eigenvalue weighted by atomic mass is 10.1. The number of benzene rings is 2. The van der Waals surface area contributed by atoms with Crippen LogP contribution in [0.1, 0.15) is 5.56 Å². The van der Waals surface area contributed by atoms with Crippen molar-refractivity contribution in [2.75, 3.05) is 5.32 Å². The topological polar surface area (TPSA) is 89.3 Å². The van der Waals surface area contributed by atoms with Crippen LogP contribution in [0.3, 0.4) is 0 Å². The van der Waals surface area contributed by atoms with Gasteiger partial charge in [-0.2, -0.15) is 0 Å². The molecule has 0 atom stereocenters. The van der Waals surface area contributed by atoms with Crippen molar-refractivity contribution in [3.63, 3.8) is 0 Å². The van der Waals surface area contributed by atoms with E-state index in [1.165, 1.54) is 18.2 Å². The van der Waals surface area contributed by atoms with Crippen LogP contribution < -0.4 is 10.5 Å². The van der Waals surface area contributed by atoms with Gasteiger partial charge in [0, 0.05) is 10.7 Å². The Labute approximate surface area is 127 Å². The van der Waals surface area contributed by atoms with Crippen LogP contribution in [0.15, 0.2) is 53.4 Å². The first-order chi connectivity index (χ1) is 9.84. The van der Waals surface area contributed by atoms with Crippen molar-refractivity contribution in [1.29, 1.82) is 0 Å². The first-order valence-electron chi connectivity index (χ1n) is 6.02. The van der Waals surface area contributed by atoms with Crippen LogP contribution in [-0.4, -0.2) is 14.3 Å². The zero-order valence-electron chi connectivity index (χ0n) is 10.9. The molecule has 2 rings (SSSR count). The third kappa shape index (κ3) is 4.56. The van der Waals surface area contributed by atoms with Crippen molar-refractivity contribution in [3.8, 4) is 0 Å². The lowest BCUT2D eigenvalue weighted by molar-refractivity contribution is -0.115. The number of rotatable bonds is 4. The van der Waals surface area contributed by atoms with Crippen molar-refractivity contribution in [3.05, 3.63) is 59.1 Å². The number of hydrogen-bond donors (Lipinski definition) is 2. The van der Waals surface area contributed by atoms with Gasteiger partial charge in [-0.15, -0.1) is 0 Å². The van der Waals surface area contributed by atoms with Gasteiger partial charge >= 0.3 is 0 Å². The molecule has 5 nitrogen and oxygen atoms in total. The summed E-state index contributed by atoms with van der Waals surface area (Å²) in [5.41, 5.74) is 1.18. The Balaban J connectivity index is 2.08. The second-order valence-corrected chi connectivity index (χ2v) is 6.42. The van der Waals surface area contributed by atoms with Crippen LogP contribution in [0.4, 0.5) is 5.69 Å². The van der Waals surface area contributed by atoms with Crippen molar-refractivity contribution in [2.24, 2.45) is 5.14 Å². The third-order valence-corrected chi connectivity index (χ3v) is 3.89. The smallest absolute Gasteiger partial charge is 0.238 e. The molecule has 0 radical (unpaired) electrons. The molecule has 0 aliphatic carbocycles. The van der Waals surface area contributed by atoms with Crippen molar-refractivity contribution >= 4 is 33.2 Å². The predicted molar refractivity (Wildman–Crippen MR) is 81.6 cm³/mol. The third-order valence-electron chi connectivity index (χ3n) is 2.72. The van der Waals surface area contributed by atoms with Gasteiger partial charge in [-0.1, -0.05) is 29.8 Å². The predicted octanol–water partition coefficient (Wildman–Crippen LogP) is 2.17. The average Bonchev–Trinajstić information content (AvgIpc) is 2.41. The quantitative estimate of drug-likeness (QED) is 0.903. The number of carbonyl (C=O) groups is 1. The van der Waals surface area contributed by atoms with E-state index in [4.69, 9.17) is 16.7 Å². The summed E-state index contributed by atoms with van der Waals surface area (Å²) in [7, 11) is -3.79. The summed E-state index contributed by atoms with van der Waals surface area (Å²) in [6.07, 6.45) is 0.163. The molecule has 1 amide bonds. The molecule has 0 aliphatic rings. The highest BCUT2D eigenvalue weighted by molar-refractivity contribution is 7.89. The number of sulfonamides is 1. The minimum absolute atomic E-state index is 0.0493. The van der Waals surface area contributed by atoms with Gasteiger partial charge in [0.2, 0.25) is 15.9 Å². The molecular weight excluding hydrogens is 312 g/mol. The number of nitrogens with one attached hydrogen (secondary N) is 1. The zero-order chi connectivity index (χ0) is 15.5. The van der Waals surface area contributed by atoms with Crippen LogP contribution in [0, 0.1) is 0 Å². The molecular formula is C14H13ClN2O3S. The largest absolute Gasteiger partial charge is 0.326 e. The highest BCUT2D eigenvalue weighted by Crippen LogP contribution is 2.15. The van der Waals surface area contributed by atoms with Gasteiger partial charge < -0.3 is 5.32 Å². The summed E-state index contributed by atoms with van der Waals surface area (Å²) in [5, 5.41) is 8.26. The van der Waals surface area contributed by atoms with E-state index in [1.54, 1.807) is 30.3 Å². The summed E-state index contributed by atoms with van der Waals surface area (Å²) < 4.78 is 22.5. The van der Waals surface area contributed by atoms with E-state index in [0.29, 0.717) is 10.7 Å². The van der Waals surface area contributed by atoms with E-state index in [9.17, 15) is 13.2 Å². The Hall–Kier alpha value is -1.89. The van der Waals surface area contributed by atoms with Crippen LogP contribution in [0.5, 0.6) is 0 Å². The van der Waals surface area contributed by atoms with E-state index < -0.39 is 10.0 Å². The van der Waals surface area contributed by atoms with Crippen LogP contribution in [-0.2, 0) is 21.2 Å². The fourth-order valence-electron chi connectivity index (χ4n) is 1.74. The Morgan fingerprint density at radius 1 is 1.14 bits per heavy atom. The van der Waals surface area contributed by atoms with Gasteiger partial charge in [0.1, 0.15) is 0 Å². The molecule has 3 N–H and O–H groups in total. The Bertz CT molecular complexity index is 758. The molecule has 7 heteroatoms.